The van der Waals surface area contributed by atoms with E-state index in [0.717, 1.165) is 17.7 Å². The Hall–Kier alpha value is -1.48. The second-order valence-electron chi connectivity index (χ2n) is 4.51. The van der Waals surface area contributed by atoms with Crippen LogP contribution >= 0.6 is 11.6 Å². The van der Waals surface area contributed by atoms with Gasteiger partial charge in [-0.25, -0.2) is 13.2 Å². The van der Waals surface area contributed by atoms with E-state index in [0.29, 0.717) is 0 Å². The highest BCUT2D eigenvalue weighted by atomic mass is 35.5. The molecule has 0 heterocycles. The summed E-state index contributed by atoms with van der Waals surface area (Å²) < 4.78 is 41.0. The molecule has 0 N–H and O–H groups in total. The average Bonchev–Trinajstić information content (AvgIpc) is 2.36. The summed E-state index contributed by atoms with van der Waals surface area (Å²) in [5, 5.41) is -1.06. The molecule has 2 rings (SSSR count). The number of aryl methyl sites for hydroxylation is 2. The molecule has 0 aliphatic rings. The van der Waals surface area contributed by atoms with Gasteiger partial charge in [0.15, 0.2) is 0 Å². The first kappa shape index (κ1) is 13.9. The van der Waals surface area contributed by atoms with Gasteiger partial charge in [0.25, 0.3) is 0 Å². The predicted molar refractivity (Wildman–Crippen MR) is 69.9 cm³/mol. The van der Waals surface area contributed by atoms with Gasteiger partial charge in [0.05, 0.1) is 5.38 Å². The third-order valence-electron chi connectivity index (χ3n) is 2.98. The highest BCUT2D eigenvalue weighted by Crippen LogP contribution is 2.33. The van der Waals surface area contributed by atoms with Crippen LogP contribution in [0.3, 0.4) is 0 Å². The lowest BCUT2D eigenvalue weighted by molar-refractivity contribution is 0.574. The molecule has 0 aromatic heterocycles. The molecule has 0 aliphatic carbocycles. The number of halogens is 4. The molecule has 0 fully saturated rings. The van der Waals surface area contributed by atoms with Gasteiger partial charge < -0.3 is 0 Å². The SMILES string of the molecule is Cc1ccc(F)c(C(Cl)c2cc(F)c(C)cc2F)c1. The molecule has 0 spiro atoms. The van der Waals surface area contributed by atoms with E-state index in [1.54, 1.807) is 13.0 Å². The van der Waals surface area contributed by atoms with Gasteiger partial charge in [-0.3, -0.25) is 0 Å². The Morgan fingerprint density at radius 3 is 2.16 bits per heavy atom. The van der Waals surface area contributed by atoms with Gasteiger partial charge >= 0.3 is 0 Å². The van der Waals surface area contributed by atoms with Crippen molar-refractivity contribution in [1.29, 1.82) is 0 Å². The Kier molecular flexibility index (Phi) is 3.85. The Bertz CT molecular complexity index is 623. The van der Waals surface area contributed by atoms with Crippen molar-refractivity contribution in [3.8, 4) is 0 Å². The van der Waals surface area contributed by atoms with E-state index < -0.39 is 22.8 Å². The van der Waals surface area contributed by atoms with Crippen molar-refractivity contribution in [3.05, 3.63) is 70.0 Å². The zero-order valence-electron chi connectivity index (χ0n) is 10.5. The molecule has 0 saturated heterocycles. The summed E-state index contributed by atoms with van der Waals surface area (Å²) in [6.07, 6.45) is 0. The van der Waals surface area contributed by atoms with Crippen molar-refractivity contribution in [3.63, 3.8) is 0 Å². The van der Waals surface area contributed by atoms with E-state index in [2.05, 4.69) is 0 Å². The maximum absolute atomic E-state index is 13.8. The van der Waals surface area contributed by atoms with E-state index in [1.165, 1.54) is 19.1 Å². The van der Waals surface area contributed by atoms with Crippen molar-refractivity contribution in [2.24, 2.45) is 0 Å². The average molecular weight is 285 g/mol. The Labute approximate surface area is 114 Å². The molecule has 1 atom stereocenters. The molecule has 0 saturated carbocycles. The summed E-state index contributed by atoms with van der Waals surface area (Å²) in [5.74, 6) is -1.74. The minimum atomic E-state index is -1.06. The smallest absolute Gasteiger partial charge is 0.128 e. The number of hydrogen-bond donors (Lipinski definition) is 0. The molecule has 2 aromatic carbocycles. The first-order valence-corrected chi connectivity index (χ1v) is 6.19. The van der Waals surface area contributed by atoms with Gasteiger partial charge in [0, 0.05) is 11.1 Å². The molecule has 0 aliphatic heterocycles. The first-order chi connectivity index (χ1) is 8.90. The Morgan fingerprint density at radius 1 is 0.842 bits per heavy atom. The van der Waals surface area contributed by atoms with Gasteiger partial charge in [0.2, 0.25) is 0 Å². The van der Waals surface area contributed by atoms with E-state index in [4.69, 9.17) is 11.6 Å². The molecule has 2 aromatic rings. The number of benzene rings is 2. The Morgan fingerprint density at radius 2 is 1.47 bits per heavy atom. The number of alkyl halides is 1. The number of rotatable bonds is 2. The predicted octanol–water partition coefficient (Wildman–Crippen LogP) is 5.05. The largest absolute Gasteiger partial charge is 0.207 e. The van der Waals surface area contributed by atoms with Crippen LogP contribution < -0.4 is 0 Å². The molecular formula is C15H12ClF3. The summed E-state index contributed by atoms with van der Waals surface area (Å²) in [5.41, 5.74) is 1.07. The normalized spacial score (nSPS) is 12.5. The zero-order chi connectivity index (χ0) is 14.2. The van der Waals surface area contributed by atoms with Crippen LogP contribution in [-0.4, -0.2) is 0 Å². The van der Waals surface area contributed by atoms with E-state index in [-0.39, 0.29) is 16.7 Å². The monoisotopic (exact) mass is 284 g/mol. The minimum absolute atomic E-state index is 0.0609. The van der Waals surface area contributed by atoms with Crippen LogP contribution in [0.1, 0.15) is 27.6 Å². The van der Waals surface area contributed by atoms with E-state index in [1.807, 2.05) is 0 Å². The van der Waals surface area contributed by atoms with Crippen molar-refractivity contribution in [1.82, 2.24) is 0 Å². The zero-order valence-corrected chi connectivity index (χ0v) is 11.2. The van der Waals surface area contributed by atoms with Crippen molar-refractivity contribution < 1.29 is 13.2 Å². The van der Waals surface area contributed by atoms with Crippen LogP contribution in [0.5, 0.6) is 0 Å². The lowest BCUT2D eigenvalue weighted by atomic mass is 10.00. The van der Waals surface area contributed by atoms with Crippen LogP contribution in [0.4, 0.5) is 13.2 Å². The van der Waals surface area contributed by atoms with Gasteiger partial charge in [-0.2, -0.15) is 0 Å². The third kappa shape index (κ3) is 2.76. The van der Waals surface area contributed by atoms with E-state index >= 15 is 0 Å². The van der Waals surface area contributed by atoms with Gasteiger partial charge in [0.1, 0.15) is 17.5 Å². The van der Waals surface area contributed by atoms with Gasteiger partial charge in [-0.15, -0.1) is 11.6 Å². The summed E-state index contributed by atoms with van der Waals surface area (Å²) in [7, 11) is 0. The van der Waals surface area contributed by atoms with Gasteiger partial charge in [-0.05, 0) is 37.6 Å². The molecule has 0 nitrogen and oxygen atoms in total. The van der Waals surface area contributed by atoms with Crippen LogP contribution in [0.15, 0.2) is 30.3 Å². The Balaban J connectivity index is 2.52. The van der Waals surface area contributed by atoms with Gasteiger partial charge in [-0.1, -0.05) is 17.7 Å². The van der Waals surface area contributed by atoms with E-state index in [9.17, 15) is 13.2 Å². The topological polar surface area (TPSA) is 0 Å². The number of hydrogen-bond acceptors (Lipinski definition) is 0. The maximum atomic E-state index is 13.8. The maximum Gasteiger partial charge on any atom is 0.128 e. The lowest BCUT2D eigenvalue weighted by Crippen LogP contribution is -2.02. The minimum Gasteiger partial charge on any atom is -0.207 e. The molecule has 19 heavy (non-hydrogen) atoms. The van der Waals surface area contributed by atoms with Crippen LogP contribution in [0.2, 0.25) is 0 Å². The fourth-order valence-electron chi connectivity index (χ4n) is 1.88. The highest BCUT2D eigenvalue weighted by Gasteiger charge is 2.20. The van der Waals surface area contributed by atoms with Crippen LogP contribution in [0, 0.1) is 31.3 Å². The standard InChI is InChI=1S/C15H12ClF3/c1-8-3-4-12(17)10(5-8)15(16)11-7-13(18)9(2)6-14(11)19/h3-7,15H,1-2H3. The second kappa shape index (κ2) is 5.25. The molecule has 100 valence electrons. The fourth-order valence-corrected chi connectivity index (χ4v) is 2.22. The summed E-state index contributed by atoms with van der Waals surface area (Å²) >= 11 is 6.09. The fraction of sp³-hybridized carbons (Fsp3) is 0.200. The lowest BCUT2D eigenvalue weighted by Gasteiger charge is -2.14. The summed E-state index contributed by atoms with van der Waals surface area (Å²) in [6.45, 7) is 3.23. The molecule has 4 heteroatoms. The molecule has 0 amide bonds. The highest BCUT2D eigenvalue weighted by molar-refractivity contribution is 6.22. The second-order valence-corrected chi connectivity index (χ2v) is 4.95. The van der Waals surface area contributed by atoms with Crippen LogP contribution in [0.25, 0.3) is 0 Å². The molecule has 0 bridgehead atoms. The first-order valence-electron chi connectivity index (χ1n) is 5.76. The summed E-state index contributed by atoms with van der Waals surface area (Å²) in [6, 6.07) is 6.47. The summed E-state index contributed by atoms with van der Waals surface area (Å²) in [4.78, 5) is 0. The molecule has 1 unspecified atom stereocenters. The molecule has 0 radical (unpaired) electrons. The third-order valence-corrected chi connectivity index (χ3v) is 3.45. The quantitative estimate of drug-likeness (QED) is 0.677. The van der Waals surface area contributed by atoms with Crippen molar-refractivity contribution in [2.45, 2.75) is 19.2 Å². The van der Waals surface area contributed by atoms with Crippen molar-refractivity contribution in [2.75, 3.05) is 0 Å². The van der Waals surface area contributed by atoms with Crippen LogP contribution in [-0.2, 0) is 0 Å². The van der Waals surface area contributed by atoms with Crippen molar-refractivity contribution >= 4 is 11.6 Å². The molecular weight excluding hydrogens is 273 g/mol.